The third-order valence-corrected chi connectivity index (χ3v) is 4.70. The molecule has 0 aromatic heterocycles. The Morgan fingerprint density at radius 3 is 0.750 bits per heavy atom. The zero-order valence-electron chi connectivity index (χ0n) is 10.8. The van der Waals surface area contributed by atoms with Gasteiger partial charge in [0.2, 0.25) is 0 Å². The Labute approximate surface area is 130 Å². The van der Waals surface area contributed by atoms with Gasteiger partial charge in [0.15, 0.2) is 0 Å². The third-order valence-electron chi connectivity index (χ3n) is 2.64. The Morgan fingerprint density at radius 2 is 0.542 bits per heavy atom. The Hall–Kier alpha value is -1.90. The van der Waals surface area contributed by atoms with Crippen molar-refractivity contribution < 1.29 is 56.9 Å². The van der Waals surface area contributed by atoms with E-state index in [1.54, 1.807) is 0 Å². The van der Waals surface area contributed by atoms with Crippen molar-refractivity contribution >= 4 is 14.6 Å². The van der Waals surface area contributed by atoms with Crippen molar-refractivity contribution in [3.63, 3.8) is 0 Å². The molecular formula is C13H2F10Ni. The maximum atomic E-state index is 13.6. The summed E-state index contributed by atoms with van der Waals surface area (Å²) in [6.45, 7) is 0. The average Bonchev–Trinajstić information content (AvgIpc) is 2.55. The molecule has 0 aliphatic rings. The molecule has 2 rings (SSSR count). The van der Waals surface area contributed by atoms with Crippen molar-refractivity contribution in [1.82, 2.24) is 0 Å². The predicted molar refractivity (Wildman–Crippen MR) is 58.9 cm³/mol. The second-order valence-electron chi connectivity index (χ2n) is 4.01. The molecular weight excluding hydrogens is 405 g/mol. The monoisotopic (exact) mass is 406 g/mol. The average molecular weight is 407 g/mol. The number of benzene rings is 2. The molecule has 2 aromatic rings. The molecule has 0 unspecified atom stereocenters. The van der Waals surface area contributed by atoms with E-state index in [2.05, 4.69) is 5.50 Å². The summed E-state index contributed by atoms with van der Waals surface area (Å²) in [5.74, 6) is -24.8. The summed E-state index contributed by atoms with van der Waals surface area (Å²) in [5.41, 5.74) is 2.82. The Kier molecular flexibility index (Phi) is 4.76. The van der Waals surface area contributed by atoms with E-state index in [1.165, 1.54) is 0 Å². The molecule has 134 valence electrons. The van der Waals surface area contributed by atoms with Gasteiger partial charge in [-0.3, -0.25) is 0 Å². The number of rotatable bonds is 2. The minimum atomic E-state index is -3.11. The van der Waals surface area contributed by atoms with Crippen LogP contribution in [-0.4, -0.2) is 5.50 Å². The summed E-state index contributed by atoms with van der Waals surface area (Å²) in [7, 11) is 0. The molecule has 0 aliphatic heterocycles. The topological polar surface area (TPSA) is 0 Å². The quantitative estimate of drug-likeness (QED) is 0.311. The predicted octanol–water partition coefficient (Wildman–Crippen LogP) is 3.08. The summed E-state index contributed by atoms with van der Waals surface area (Å²) in [6, 6.07) is 0. The number of halogens is 10. The second-order valence-corrected chi connectivity index (χ2v) is 5.94. The van der Waals surface area contributed by atoms with Crippen molar-refractivity contribution in [1.29, 1.82) is 0 Å². The van der Waals surface area contributed by atoms with Gasteiger partial charge in [0, 0.05) is 0 Å². The summed E-state index contributed by atoms with van der Waals surface area (Å²) < 4.78 is 129. The van der Waals surface area contributed by atoms with Gasteiger partial charge in [-0.25, -0.2) is 0 Å². The zero-order chi connectivity index (χ0) is 18.5. The Bertz CT molecular complexity index is 760. The van der Waals surface area contributed by atoms with Crippen LogP contribution in [0.4, 0.5) is 43.9 Å². The van der Waals surface area contributed by atoms with E-state index in [0.29, 0.717) is 0 Å². The van der Waals surface area contributed by atoms with Crippen molar-refractivity contribution in [2.75, 3.05) is 0 Å². The zero-order valence-corrected chi connectivity index (χ0v) is 11.8. The molecule has 0 atom stereocenters. The van der Waals surface area contributed by atoms with Crippen molar-refractivity contribution in [3.8, 4) is 0 Å². The van der Waals surface area contributed by atoms with Crippen molar-refractivity contribution in [3.05, 3.63) is 58.2 Å². The summed E-state index contributed by atoms with van der Waals surface area (Å²) in [6.07, 6.45) is 0. The standard InChI is InChI=1S/2C6F5.CH2.Ni/c2*7-2-1-3(8)5(10)6(11)4(2)9;;/h;;1H2;. The maximum absolute atomic E-state index is 13.6. The van der Waals surface area contributed by atoms with E-state index in [1.807, 2.05) is 0 Å². The van der Waals surface area contributed by atoms with Gasteiger partial charge in [0.25, 0.3) is 0 Å². The van der Waals surface area contributed by atoms with Gasteiger partial charge in [-0.15, -0.1) is 0 Å². The van der Waals surface area contributed by atoms with Gasteiger partial charge < -0.3 is 0 Å². The normalized spacial score (nSPS) is 11.8. The van der Waals surface area contributed by atoms with Crippen LogP contribution < -0.4 is 9.07 Å². The molecule has 0 nitrogen and oxygen atoms in total. The van der Waals surface area contributed by atoms with E-state index < -0.39 is 80.2 Å². The third kappa shape index (κ3) is 2.51. The molecule has 24 heavy (non-hydrogen) atoms. The van der Waals surface area contributed by atoms with Crippen LogP contribution in [0.5, 0.6) is 0 Å². The fourth-order valence-corrected chi connectivity index (χ4v) is 3.27. The van der Waals surface area contributed by atoms with E-state index in [-0.39, 0.29) is 0 Å². The van der Waals surface area contributed by atoms with Crippen LogP contribution in [0.3, 0.4) is 0 Å². The fraction of sp³-hybridized carbons (Fsp3) is 0. The van der Waals surface area contributed by atoms with Gasteiger partial charge in [0.05, 0.1) is 0 Å². The molecule has 0 aliphatic carbocycles. The first-order chi connectivity index (χ1) is 11.0. The molecule has 0 saturated heterocycles. The summed E-state index contributed by atoms with van der Waals surface area (Å²) in [5, 5.41) is 0. The molecule has 0 amide bonds. The number of hydrogen-bond acceptors (Lipinski definition) is 0. The molecule has 0 saturated carbocycles. The summed E-state index contributed by atoms with van der Waals surface area (Å²) in [4.78, 5) is 0. The molecule has 0 heterocycles. The molecule has 0 fully saturated rings. The van der Waals surface area contributed by atoms with Crippen LogP contribution >= 0.6 is 0 Å². The molecule has 2 aromatic carbocycles. The van der Waals surface area contributed by atoms with Crippen molar-refractivity contribution in [2.45, 2.75) is 0 Å². The van der Waals surface area contributed by atoms with E-state index in [4.69, 9.17) is 0 Å². The second kappa shape index (κ2) is 6.20. The number of hydrogen-bond donors (Lipinski definition) is 0. The molecule has 11 heteroatoms. The molecule has 0 radical (unpaired) electrons. The van der Waals surface area contributed by atoms with Gasteiger partial charge in [-0.05, 0) is 0 Å². The first-order valence-corrected chi connectivity index (χ1v) is 7.12. The fourth-order valence-electron chi connectivity index (χ4n) is 1.54. The first kappa shape index (κ1) is 18.4. The van der Waals surface area contributed by atoms with Crippen LogP contribution in [0.15, 0.2) is 0 Å². The van der Waals surface area contributed by atoms with Crippen LogP contribution in [0.25, 0.3) is 0 Å². The Balaban J connectivity index is 2.87. The first-order valence-electron chi connectivity index (χ1n) is 5.43. The molecule has 0 bridgehead atoms. The van der Waals surface area contributed by atoms with E-state index in [9.17, 15) is 43.9 Å². The minimum absolute atomic E-state index is 1.80. The van der Waals surface area contributed by atoms with Gasteiger partial charge in [-0.2, -0.15) is 0 Å². The van der Waals surface area contributed by atoms with Crippen LogP contribution in [0, 0.1) is 58.2 Å². The van der Waals surface area contributed by atoms with Crippen molar-refractivity contribution in [2.24, 2.45) is 0 Å². The van der Waals surface area contributed by atoms with E-state index in [0.717, 1.165) is 0 Å². The van der Waals surface area contributed by atoms with Crippen LogP contribution in [0.2, 0.25) is 0 Å². The van der Waals surface area contributed by atoms with E-state index >= 15 is 0 Å². The van der Waals surface area contributed by atoms with Gasteiger partial charge in [-0.1, -0.05) is 0 Å². The molecule has 0 N–H and O–H groups in total. The molecule has 0 spiro atoms. The SMILES string of the molecule is [CH2]=[Ni]([c]1c(F)c(F)c(F)c(F)c1F)[c]1c(F)c(F)c(F)c(F)c1F. The van der Waals surface area contributed by atoms with Crippen LogP contribution in [-0.2, 0) is 13.0 Å². The van der Waals surface area contributed by atoms with Crippen LogP contribution in [0.1, 0.15) is 0 Å². The Morgan fingerprint density at radius 1 is 0.375 bits per heavy atom. The van der Waals surface area contributed by atoms with Gasteiger partial charge >= 0.3 is 130 Å². The van der Waals surface area contributed by atoms with Gasteiger partial charge in [0.1, 0.15) is 0 Å². The summed E-state index contributed by atoms with van der Waals surface area (Å²) >= 11 is -3.11.